The number of aliphatic carboxylic acids is 1. The molecule has 0 aliphatic carbocycles. The molecule has 5 nitrogen and oxygen atoms in total. The normalized spacial score (nSPS) is 13.1. The van der Waals surface area contributed by atoms with E-state index in [1.54, 1.807) is 11.8 Å². The zero-order chi connectivity index (χ0) is 14.3. The maximum Gasteiger partial charge on any atom is 0.317 e. The molecule has 1 atom stereocenters. The highest BCUT2D eigenvalue weighted by atomic mass is 16.4. The summed E-state index contributed by atoms with van der Waals surface area (Å²) < 4.78 is 0. The molecule has 0 aliphatic heterocycles. The molecule has 0 aromatic carbocycles. The van der Waals surface area contributed by atoms with Crippen LogP contribution in [0.1, 0.15) is 47.5 Å². The van der Waals surface area contributed by atoms with E-state index >= 15 is 0 Å². The van der Waals surface area contributed by atoms with Gasteiger partial charge in [0.2, 0.25) is 5.91 Å². The van der Waals surface area contributed by atoms with Crippen LogP contribution >= 0.6 is 0 Å². The van der Waals surface area contributed by atoms with Gasteiger partial charge in [-0.05, 0) is 33.6 Å². The van der Waals surface area contributed by atoms with E-state index in [9.17, 15) is 9.59 Å². The third kappa shape index (κ3) is 5.49. The monoisotopic (exact) mass is 258 g/mol. The van der Waals surface area contributed by atoms with Crippen molar-refractivity contribution in [1.82, 2.24) is 10.2 Å². The van der Waals surface area contributed by atoms with Crippen LogP contribution in [0, 0.1) is 0 Å². The Bertz CT molecular complexity index is 275. The minimum Gasteiger partial charge on any atom is -0.480 e. The summed E-state index contributed by atoms with van der Waals surface area (Å²) in [5.74, 6) is -1.01. The van der Waals surface area contributed by atoms with Crippen molar-refractivity contribution in [2.24, 2.45) is 0 Å². The highest BCUT2D eigenvalue weighted by Crippen LogP contribution is 2.07. The molecule has 0 heterocycles. The molecule has 0 aromatic heterocycles. The summed E-state index contributed by atoms with van der Waals surface area (Å²) >= 11 is 0. The van der Waals surface area contributed by atoms with Gasteiger partial charge >= 0.3 is 5.97 Å². The van der Waals surface area contributed by atoms with Crippen LogP contribution in [-0.4, -0.2) is 46.6 Å². The second-order valence-electron chi connectivity index (χ2n) is 4.86. The Morgan fingerprint density at radius 2 is 1.67 bits per heavy atom. The number of nitrogens with zero attached hydrogens (tertiary/aromatic N) is 1. The van der Waals surface area contributed by atoms with E-state index in [2.05, 4.69) is 5.32 Å². The molecule has 1 unspecified atom stereocenters. The lowest BCUT2D eigenvalue weighted by Gasteiger charge is -2.31. The number of carbonyl (C=O) groups excluding carboxylic acids is 1. The molecule has 0 rings (SSSR count). The second kappa shape index (κ2) is 8.08. The number of rotatable bonds is 8. The molecule has 0 aliphatic rings. The average molecular weight is 258 g/mol. The summed E-state index contributed by atoms with van der Waals surface area (Å²) in [5.41, 5.74) is 0. The quantitative estimate of drug-likeness (QED) is 0.692. The summed E-state index contributed by atoms with van der Waals surface area (Å²) in [6.45, 7) is 9.47. The van der Waals surface area contributed by atoms with E-state index in [-0.39, 0.29) is 24.5 Å². The van der Waals surface area contributed by atoms with E-state index in [0.29, 0.717) is 0 Å². The van der Waals surface area contributed by atoms with Crippen molar-refractivity contribution in [2.75, 3.05) is 6.54 Å². The van der Waals surface area contributed by atoms with Gasteiger partial charge in [0.1, 0.15) is 0 Å². The lowest BCUT2D eigenvalue weighted by atomic mass is 10.1. The smallest absolute Gasteiger partial charge is 0.317 e. The largest absolute Gasteiger partial charge is 0.480 e. The van der Waals surface area contributed by atoms with Crippen LogP contribution in [0.15, 0.2) is 0 Å². The predicted molar refractivity (Wildman–Crippen MR) is 71.5 cm³/mol. The van der Waals surface area contributed by atoms with Gasteiger partial charge in [-0.1, -0.05) is 13.8 Å². The summed E-state index contributed by atoms with van der Waals surface area (Å²) in [7, 11) is 0. The number of nitrogens with one attached hydrogen (secondary N) is 1. The Morgan fingerprint density at radius 1 is 1.17 bits per heavy atom. The van der Waals surface area contributed by atoms with E-state index in [0.717, 1.165) is 12.8 Å². The van der Waals surface area contributed by atoms with Crippen molar-refractivity contribution in [3.63, 3.8) is 0 Å². The van der Waals surface area contributed by atoms with Crippen molar-refractivity contribution < 1.29 is 14.7 Å². The van der Waals surface area contributed by atoms with Gasteiger partial charge in [-0.2, -0.15) is 0 Å². The van der Waals surface area contributed by atoms with Crippen LogP contribution in [0.4, 0.5) is 0 Å². The highest BCUT2D eigenvalue weighted by Gasteiger charge is 2.26. The van der Waals surface area contributed by atoms with Gasteiger partial charge < -0.3 is 10.4 Å². The standard InChI is InChI=1S/C13H26N2O3/c1-6-11(7-2)14-13(18)10(5)15(9(3)4)8-12(16)17/h9-11H,6-8H2,1-5H3,(H,14,18)(H,16,17). The topological polar surface area (TPSA) is 69.6 Å². The molecule has 0 bridgehead atoms. The van der Waals surface area contributed by atoms with Gasteiger partial charge in [-0.15, -0.1) is 0 Å². The lowest BCUT2D eigenvalue weighted by molar-refractivity contribution is -0.140. The first-order valence-electron chi connectivity index (χ1n) is 6.61. The minimum atomic E-state index is -0.911. The highest BCUT2D eigenvalue weighted by molar-refractivity contribution is 5.82. The fraction of sp³-hybridized carbons (Fsp3) is 0.846. The number of hydrogen-bond donors (Lipinski definition) is 2. The molecule has 0 saturated carbocycles. The van der Waals surface area contributed by atoms with Gasteiger partial charge in [0.25, 0.3) is 0 Å². The van der Waals surface area contributed by atoms with Crippen molar-refractivity contribution in [3.05, 3.63) is 0 Å². The average Bonchev–Trinajstić information content (AvgIpc) is 2.31. The molecule has 0 saturated heterocycles. The maximum absolute atomic E-state index is 12.1. The summed E-state index contributed by atoms with van der Waals surface area (Å²) in [6, 6.07) is -0.246. The number of carboxylic acids is 1. The molecular formula is C13H26N2O3. The van der Waals surface area contributed by atoms with Gasteiger partial charge in [0.05, 0.1) is 12.6 Å². The molecule has 0 spiro atoms. The van der Waals surface area contributed by atoms with Crippen LogP contribution in [-0.2, 0) is 9.59 Å². The fourth-order valence-corrected chi connectivity index (χ4v) is 1.89. The zero-order valence-electron chi connectivity index (χ0n) is 12.1. The molecule has 106 valence electrons. The summed E-state index contributed by atoms with van der Waals surface area (Å²) in [6.07, 6.45) is 1.77. The third-order valence-electron chi connectivity index (χ3n) is 3.19. The first-order valence-corrected chi connectivity index (χ1v) is 6.61. The van der Waals surface area contributed by atoms with E-state index in [1.807, 2.05) is 27.7 Å². The Balaban J connectivity index is 4.60. The van der Waals surface area contributed by atoms with Crippen molar-refractivity contribution in [3.8, 4) is 0 Å². The van der Waals surface area contributed by atoms with Crippen LogP contribution in [0.2, 0.25) is 0 Å². The first-order chi connectivity index (χ1) is 8.33. The molecule has 0 radical (unpaired) electrons. The first kappa shape index (κ1) is 16.9. The Morgan fingerprint density at radius 3 is 2.00 bits per heavy atom. The Kier molecular flexibility index (Phi) is 7.59. The molecule has 0 fully saturated rings. The fourth-order valence-electron chi connectivity index (χ4n) is 1.89. The van der Waals surface area contributed by atoms with Gasteiger partial charge in [0.15, 0.2) is 0 Å². The van der Waals surface area contributed by atoms with Crippen molar-refractivity contribution >= 4 is 11.9 Å². The van der Waals surface area contributed by atoms with Gasteiger partial charge in [0, 0.05) is 12.1 Å². The molecule has 18 heavy (non-hydrogen) atoms. The van der Waals surface area contributed by atoms with Crippen molar-refractivity contribution in [2.45, 2.75) is 65.6 Å². The van der Waals surface area contributed by atoms with Crippen LogP contribution in [0.5, 0.6) is 0 Å². The Labute approximate surface area is 110 Å². The third-order valence-corrected chi connectivity index (χ3v) is 3.19. The SMILES string of the molecule is CCC(CC)NC(=O)C(C)N(CC(=O)O)C(C)C. The van der Waals surface area contributed by atoms with Gasteiger partial charge in [-0.3, -0.25) is 14.5 Å². The lowest BCUT2D eigenvalue weighted by Crippen LogP contribution is -2.51. The predicted octanol–water partition coefficient (Wildman–Crippen LogP) is 1.47. The second-order valence-corrected chi connectivity index (χ2v) is 4.86. The number of amides is 1. The molecule has 0 aromatic rings. The Hall–Kier alpha value is -1.10. The number of carboxylic acid groups (broad SMARTS) is 1. The summed E-state index contributed by atoms with van der Waals surface area (Å²) in [5, 5.41) is 11.8. The molecule has 5 heteroatoms. The van der Waals surface area contributed by atoms with Crippen molar-refractivity contribution in [1.29, 1.82) is 0 Å². The molecule has 2 N–H and O–H groups in total. The molecular weight excluding hydrogens is 232 g/mol. The minimum absolute atomic E-state index is 0.0172. The maximum atomic E-state index is 12.1. The van der Waals surface area contributed by atoms with Crippen LogP contribution in [0.3, 0.4) is 0 Å². The number of hydrogen-bond acceptors (Lipinski definition) is 3. The number of carbonyl (C=O) groups is 2. The van der Waals surface area contributed by atoms with Crippen LogP contribution < -0.4 is 5.32 Å². The van der Waals surface area contributed by atoms with E-state index in [1.165, 1.54) is 0 Å². The summed E-state index contributed by atoms with van der Waals surface area (Å²) in [4.78, 5) is 24.5. The van der Waals surface area contributed by atoms with E-state index in [4.69, 9.17) is 5.11 Å². The zero-order valence-corrected chi connectivity index (χ0v) is 12.1. The van der Waals surface area contributed by atoms with E-state index < -0.39 is 12.0 Å². The van der Waals surface area contributed by atoms with Gasteiger partial charge in [-0.25, -0.2) is 0 Å². The molecule has 1 amide bonds. The van der Waals surface area contributed by atoms with Crippen LogP contribution in [0.25, 0.3) is 0 Å².